The fraction of sp³-hybridized carbons (Fsp3) is 0.182. The predicted molar refractivity (Wildman–Crippen MR) is 64.3 cm³/mol. The molecule has 78 valence electrons. The van der Waals surface area contributed by atoms with E-state index in [-0.39, 0.29) is 6.04 Å². The van der Waals surface area contributed by atoms with Gasteiger partial charge in [0.25, 0.3) is 0 Å². The zero-order chi connectivity index (χ0) is 10.8. The summed E-state index contributed by atoms with van der Waals surface area (Å²) in [6, 6.07) is 7.47. The van der Waals surface area contributed by atoms with E-state index < -0.39 is 0 Å². The number of aryl methyl sites for hydroxylation is 1. The van der Waals surface area contributed by atoms with Gasteiger partial charge in [0, 0.05) is 10.6 Å². The van der Waals surface area contributed by atoms with Crippen molar-refractivity contribution >= 4 is 22.9 Å². The second-order valence-electron chi connectivity index (χ2n) is 3.31. The number of halogens is 1. The van der Waals surface area contributed by atoms with Crippen LogP contribution in [0.3, 0.4) is 0 Å². The van der Waals surface area contributed by atoms with Crippen LogP contribution in [0.1, 0.15) is 22.3 Å². The highest BCUT2D eigenvalue weighted by Gasteiger charge is 2.14. The molecule has 2 aromatic rings. The lowest BCUT2D eigenvalue weighted by molar-refractivity contribution is 0.839. The van der Waals surface area contributed by atoms with Crippen LogP contribution in [0, 0.1) is 6.92 Å². The zero-order valence-electron chi connectivity index (χ0n) is 8.27. The third-order valence-corrected chi connectivity index (χ3v) is 3.60. The van der Waals surface area contributed by atoms with E-state index in [1.54, 1.807) is 11.3 Å². The van der Waals surface area contributed by atoms with Crippen LogP contribution in [0.4, 0.5) is 0 Å². The van der Waals surface area contributed by atoms with Gasteiger partial charge in [-0.25, -0.2) is 0 Å². The highest BCUT2D eigenvalue weighted by Crippen LogP contribution is 2.30. The summed E-state index contributed by atoms with van der Waals surface area (Å²) >= 11 is 7.59. The molecule has 2 rings (SSSR count). The number of hydrogen-bond acceptors (Lipinski definition) is 3. The van der Waals surface area contributed by atoms with Crippen LogP contribution in [-0.4, -0.2) is 4.98 Å². The van der Waals surface area contributed by atoms with Crippen molar-refractivity contribution in [2.45, 2.75) is 13.0 Å². The van der Waals surface area contributed by atoms with E-state index in [4.69, 9.17) is 17.3 Å². The Bertz CT molecular complexity index is 467. The van der Waals surface area contributed by atoms with Gasteiger partial charge in [-0.2, -0.15) is 0 Å². The molecule has 0 amide bonds. The normalized spacial score (nSPS) is 12.7. The molecular formula is C11H11ClN2S. The minimum Gasteiger partial charge on any atom is -0.318 e. The first kappa shape index (κ1) is 10.6. The van der Waals surface area contributed by atoms with Crippen molar-refractivity contribution in [3.05, 3.63) is 50.9 Å². The molecule has 0 spiro atoms. The van der Waals surface area contributed by atoms with Crippen molar-refractivity contribution in [2.24, 2.45) is 5.73 Å². The van der Waals surface area contributed by atoms with Gasteiger partial charge in [-0.15, -0.1) is 11.3 Å². The molecule has 2 aromatic heterocycles. The van der Waals surface area contributed by atoms with Crippen LogP contribution < -0.4 is 5.73 Å². The quantitative estimate of drug-likeness (QED) is 0.873. The Morgan fingerprint density at radius 3 is 2.80 bits per heavy atom. The van der Waals surface area contributed by atoms with Crippen LogP contribution in [0.5, 0.6) is 0 Å². The largest absolute Gasteiger partial charge is 0.318 e. The average Bonchev–Trinajstić information content (AvgIpc) is 2.63. The zero-order valence-corrected chi connectivity index (χ0v) is 9.85. The Morgan fingerprint density at radius 1 is 1.40 bits per heavy atom. The second-order valence-corrected chi connectivity index (χ2v) is 4.67. The second kappa shape index (κ2) is 4.31. The Balaban J connectivity index is 2.36. The van der Waals surface area contributed by atoms with Gasteiger partial charge in [0.1, 0.15) is 0 Å². The Labute approximate surface area is 97.7 Å². The number of hydrogen-bond donors (Lipinski definition) is 1. The molecule has 1 atom stereocenters. The molecular weight excluding hydrogens is 228 g/mol. The molecule has 0 bridgehead atoms. The molecule has 2 heterocycles. The molecule has 0 aromatic carbocycles. The fourth-order valence-corrected chi connectivity index (χ4v) is 2.59. The van der Waals surface area contributed by atoms with Gasteiger partial charge in [-0.3, -0.25) is 4.98 Å². The van der Waals surface area contributed by atoms with E-state index in [1.165, 1.54) is 0 Å². The van der Waals surface area contributed by atoms with Crippen LogP contribution in [0.25, 0.3) is 0 Å². The molecule has 2 nitrogen and oxygen atoms in total. The molecule has 1 unspecified atom stereocenters. The number of nitrogens with two attached hydrogens (primary N) is 1. The third kappa shape index (κ3) is 2.20. The van der Waals surface area contributed by atoms with E-state index >= 15 is 0 Å². The van der Waals surface area contributed by atoms with Crippen molar-refractivity contribution in [1.82, 2.24) is 4.98 Å². The van der Waals surface area contributed by atoms with Crippen molar-refractivity contribution in [2.75, 3.05) is 0 Å². The highest BCUT2D eigenvalue weighted by atomic mass is 35.5. The van der Waals surface area contributed by atoms with E-state index in [2.05, 4.69) is 4.98 Å². The summed E-state index contributed by atoms with van der Waals surface area (Å²) in [6.07, 6.45) is 0. The van der Waals surface area contributed by atoms with Crippen LogP contribution in [0.2, 0.25) is 5.02 Å². The van der Waals surface area contributed by atoms with Crippen LogP contribution >= 0.6 is 22.9 Å². The summed E-state index contributed by atoms with van der Waals surface area (Å²) in [5.41, 5.74) is 7.92. The number of aromatic nitrogens is 1. The number of nitrogens with zero attached hydrogens (tertiary/aromatic N) is 1. The minimum absolute atomic E-state index is 0.225. The molecule has 0 radical (unpaired) electrons. The lowest BCUT2D eigenvalue weighted by Gasteiger charge is -2.10. The topological polar surface area (TPSA) is 38.9 Å². The Morgan fingerprint density at radius 2 is 2.20 bits per heavy atom. The van der Waals surface area contributed by atoms with Crippen molar-refractivity contribution < 1.29 is 0 Å². The number of pyridine rings is 1. The number of rotatable bonds is 2. The minimum atomic E-state index is -0.225. The van der Waals surface area contributed by atoms with Crippen molar-refractivity contribution in [3.63, 3.8) is 0 Å². The molecule has 0 saturated carbocycles. The van der Waals surface area contributed by atoms with Gasteiger partial charge >= 0.3 is 0 Å². The summed E-state index contributed by atoms with van der Waals surface area (Å²) in [6.45, 7) is 1.95. The highest BCUT2D eigenvalue weighted by molar-refractivity contribution is 7.10. The maximum atomic E-state index is 6.09. The molecule has 0 aliphatic carbocycles. The number of thiophene rings is 1. The van der Waals surface area contributed by atoms with Gasteiger partial charge in [-0.1, -0.05) is 17.7 Å². The third-order valence-electron chi connectivity index (χ3n) is 2.16. The average molecular weight is 239 g/mol. The lowest BCUT2D eigenvalue weighted by Crippen LogP contribution is -2.12. The molecule has 0 aliphatic heterocycles. The molecule has 0 aliphatic rings. The first-order valence-electron chi connectivity index (χ1n) is 4.60. The lowest BCUT2D eigenvalue weighted by atomic mass is 10.1. The van der Waals surface area contributed by atoms with Crippen molar-refractivity contribution in [1.29, 1.82) is 0 Å². The summed E-state index contributed by atoms with van der Waals surface area (Å²) in [5, 5.41) is 2.66. The summed E-state index contributed by atoms with van der Waals surface area (Å²) in [4.78, 5) is 5.36. The maximum Gasteiger partial charge on any atom is 0.0835 e. The SMILES string of the molecule is Cc1cccc(C(N)c2sccc2Cl)n1. The van der Waals surface area contributed by atoms with Gasteiger partial charge in [0.2, 0.25) is 0 Å². The van der Waals surface area contributed by atoms with Gasteiger partial charge in [0.05, 0.1) is 16.8 Å². The van der Waals surface area contributed by atoms with E-state index in [0.717, 1.165) is 21.3 Å². The first-order chi connectivity index (χ1) is 7.18. The van der Waals surface area contributed by atoms with E-state index in [9.17, 15) is 0 Å². The summed E-state index contributed by atoms with van der Waals surface area (Å²) in [7, 11) is 0. The first-order valence-corrected chi connectivity index (χ1v) is 5.86. The summed E-state index contributed by atoms with van der Waals surface area (Å²) in [5.74, 6) is 0. The van der Waals surface area contributed by atoms with Gasteiger partial charge in [-0.05, 0) is 30.5 Å². The summed E-state index contributed by atoms with van der Waals surface area (Å²) < 4.78 is 0. The Kier molecular flexibility index (Phi) is 3.05. The molecule has 0 saturated heterocycles. The molecule has 0 fully saturated rings. The van der Waals surface area contributed by atoms with E-state index in [0.29, 0.717) is 0 Å². The van der Waals surface area contributed by atoms with Gasteiger partial charge < -0.3 is 5.73 Å². The maximum absolute atomic E-state index is 6.09. The van der Waals surface area contributed by atoms with Gasteiger partial charge in [0.15, 0.2) is 0 Å². The van der Waals surface area contributed by atoms with Crippen molar-refractivity contribution in [3.8, 4) is 0 Å². The van der Waals surface area contributed by atoms with Crippen LogP contribution in [-0.2, 0) is 0 Å². The molecule has 2 N–H and O–H groups in total. The fourth-order valence-electron chi connectivity index (χ4n) is 1.40. The smallest absolute Gasteiger partial charge is 0.0835 e. The van der Waals surface area contributed by atoms with Crippen LogP contribution in [0.15, 0.2) is 29.6 Å². The Hall–Kier alpha value is -0.900. The standard InChI is InChI=1S/C11H11ClN2S/c1-7-3-2-4-9(14-7)10(13)11-8(12)5-6-15-11/h2-6,10H,13H2,1H3. The predicted octanol–water partition coefficient (Wildman–Crippen LogP) is 3.15. The molecule has 15 heavy (non-hydrogen) atoms. The van der Waals surface area contributed by atoms with E-state index in [1.807, 2.05) is 36.6 Å². The monoisotopic (exact) mass is 238 g/mol. The molecule has 4 heteroatoms.